The maximum atomic E-state index is 12.7. The smallest absolute Gasteiger partial charge is 0.178 e. The zero-order valence-corrected chi connectivity index (χ0v) is 20.0. The number of benzene rings is 1. The molecule has 0 saturated heterocycles. The van der Waals surface area contributed by atoms with E-state index >= 15 is 0 Å². The van der Waals surface area contributed by atoms with Crippen molar-refractivity contribution < 1.29 is 8.42 Å². The normalized spacial score (nSPS) is 15.7. The highest BCUT2D eigenvalue weighted by Gasteiger charge is 2.26. The van der Waals surface area contributed by atoms with E-state index in [-0.39, 0.29) is 17.7 Å². The second kappa shape index (κ2) is 8.25. The first-order valence-corrected chi connectivity index (χ1v) is 12.8. The predicted octanol–water partition coefficient (Wildman–Crippen LogP) is 3.76. The number of nitriles is 1. The summed E-state index contributed by atoms with van der Waals surface area (Å²) in [5, 5.41) is 18.0. The highest BCUT2D eigenvalue weighted by atomic mass is 32.2. The number of anilines is 1. The van der Waals surface area contributed by atoms with Crippen LogP contribution in [0.3, 0.4) is 0 Å². The lowest BCUT2D eigenvalue weighted by Gasteiger charge is -2.26. The van der Waals surface area contributed by atoms with Crippen LogP contribution in [0.25, 0.3) is 22.3 Å². The maximum absolute atomic E-state index is 12.7. The Morgan fingerprint density at radius 2 is 2.06 bits per heavy atom. The molecular weight excluding hydrogens is 450 g/mol. The topological polar surface area (TPSA) is 129 Å². The van der Waals surface area contributed by atoms with Gasteiger partial charge in [0.1, 0.15) is 29.6 Å². The highest BCUT2D eigenvalue weighted by molar-refractivity contribution is 7.91. The number of hydrogen-bond donors (Lipinski definition) is 2. The molecule has 9 nitrogen and oxygen atoms in total. The Labute approximate surface area is 197 Å². The van der Waals surface area contributed by atoms with Gasteiger partial charge in [-0.1, -0.05) is 26.0 Å². The highest BCUT2D eigenvalue weighted by Crippen LogP contribution is 2.34. The second-order valence-corrected chi connectivity index (χ2v) is 11.0. The van der Waals surface area contributed by atoms with Gasteiger partial charge < -0.3 is 10.3 Å². The van der Waals surface area contributed by atoms with E-state index in [1.165, 1.54) is 11.0 Å². The van der Waals surface area contributed by atoms with E-state index in [4.69, 9.17) is 0 Å². The molecule has 4 heterocycles. The third-order valence-corrected chi connectivity index (χ3v) is 8.24. The van der Waals surface area contributed by atoms with E-state index < -0.39 is 9.84 Å². The third-order valence-electron chi connectivity index (χ3n) is 6.36. The van der Waals surface area contributed by atoms with Gasteiger partial charge in [0, 0.05) is 7.05 Å². The van der Waals surface area contributed by atoms with E-state index in [1.807, 2.05) is 24.3 Å². The lowest BCUT2D eigenvalue weighted by atomic mass is 9.94. The zero-order valence-electron chi connectivity index (χ0n) is 19.2. The summed E-state index contributed by atoms with van der Waals surface area (Å²) in [6.45, 7) is 4.17. The largest absolute Gasteiger partial charge is 0.362 e. The average Bonchev–Trinajstić information content (AvgIpc) is 3.40. The summed E-state index contributed by atoms with van der Waals surface area (Å²) in [5.74, 6) is 0.992. The number of sulfone groups is 1. The van der Waals surface area contributed by atoms with Crippen molar-refractivity contribution in [3.05, 3.63) is 53.6 Å². The third kappa shape index (κ3) is 3.72. The standard InChI is InChI=1S/C24H25N7O2S/c1-14(2)22(16-7-6-15-5-4-8-34(32,33)21(15)9-16)30-24-17-10-19(29-23(17)26-13-27-24)18-12-28-31(3)20(18)11-25/h6-7,9-10,12-14,22H,4-5,8H2,1-3H3,(H2,26,27,29,30)/t22-/m1/s1. The molecule has 0 spiro atoms. The number of aromatic nitrogens is 5. The summed E-state index contributed by atoms with van der Waals surface area (Å²) in [4.78, 5) is 12.5. The van der Waals surface area contributed by atoms with Crippen molar-refractivity contribution in [2.45, 2.75) is 37.6 Å². The Balaban J connectivity index is 1.55. The fraction of sp³-hybridized carbons (Fsp3) is 0.333. The quantitative estimate of drug-likeness (QED) is 0.449. The fourth-order valence-electron chi connectivity index (χ4n) is 4.57. The molecule has 10 heteroatoms. The van der Waals surface area contributed by atoms with Crippen molar-refractivity contribution in [1.29, 1.82) is 5.26 Å². The van der Waals surface area contributed by atoms with E-state index in [0.29, 0.717) is 34.0 Å². The molecule has 0 bridgehead atoms. The van der Waals surface area contributed by atoms with E-state index in [9.17, 15) is 13.7 Å². The molecule has 3 aromatic heterocycles. The molecule has 2 N–H and O–H groups in total. The van der Waals surface area contributed by atoms with Crippen molar-refractivity contribution in [3.63, 3.8) is 0 Å². The van der Waals surface area contributed by atoms with Crippen LogP contribution in [0.2, 0.25) is 0 Å². The summed E-state index contributed by atoms with van der Waals surface area (Å²) < 4.78 is 26.9. The van der Waals surface area contributed by atoms with Crippen molar-refractivity contribution >= 4 is 26.7 Å². The Hall–Kier alpha value is -3.71. The first-order chi connectivity index (χ1) is 16.3. The maximum Gasteiger partial charge on any atom is 0.178 e. The Morgan fingerprint density at radius 3 is 2.82 bits per heavy atom. The summed E-state index contributed by atoms with van der Waals surface area (Å²) in [6, 6.07) is 9.69. The van der Waals surface area contributed by atoms with E-state index in [1.54, 1.807) is 13.2 Å². The molecular formula is C24H25N7O2S. The minimum atomic E-state index is -3.26. The average molecular weight is 476 g/mol. The molecule has 0 saturated carbocycles. The summed E-state index contributed by atoms with van der Waals surface area (Å²) in [7, 11) is -1.53. The lowest BCUT2D eigenvalue weighted by Crippen LogP contribution is -2.20. The number of nitrogens with zero attached hydrogens (tertiary/aromatic N) is 5. The summed E-state index contributed by atoms with van der Waals surface area (Å²) >= 11 is 0. The molecule has 0 radical (unpaired) electrons. The Kier molecular flexibility index (Phi) is 5.37. The van der Waals surface area contributed by atoms with Crippen molar-refractivity contribution in [2.24, 2.45) is 13.0 Å². The molecule has 0 amide bonds. The van der Waals surface area contributed by atoms with Crippen molar-refractivity contribution in [1.82, 2.24) is 24.7 Å². The van der Waals surface area contributed by atoms with Crippen LogP contribution in [-0.2, 0) is 23.3 Å². The number of aromatic amines is 1. The number of rotatable bonds is 5. The fourth-order valence-corrected chi connectivity index (χ4v) is 6.20. The molecule has 0 aliphatic carbocycles. The van der Waals surface area contributed by atoms with E-state index in [0.717, 1.165) is 28.6 Å². The van der Waals surface area contributed by atoms with Gasteiger partial charge in [-0.25, -0.2) is 18.4 Å². The number of H-pyrrole nitrogens is 1. The molecule has 5 rings (SSSR count). The van der Waals surface area contributed by atoms with Crippen LogP contribution in [0.4, 0.5) is 5.82 Å². The first kappa shape index (κ1) is 22.1. The van der Waals surface area contributed by atoms with Gasteiger partial charge in [0.2, 0.25) is 0 Å². The van der Waals surface area contributed by atoms with Gasteiger partial charge >= 0.3 is 0 Å². The summed E-state index contributed by atoms with van der Waals surface area (Å²) in [5.41, 5.74) is 4.29. The van der Waals surface area contributed by atoms with Gasteiger partial charge in [0.25, 0.3) is 0 Å². The molecule has 0 fully saturated rings. The molecule has 4 aromatic rings. The minimum absolute atomic E-state index is 0.160. The van der Waals surface area contributed by atoms with Gasteiger partial charge in [0.15, 0.2) is 9.84 Å². The van der Waals surface area contributed by atoms with Crippen molar-refractivity contribution in [2.75, 3.05) is 11.1 Å². The van der Waals surface area contributed by atoms with Gasteiger partial charge in [-0.05, 0) is 42.0 Å². The molecule has 1 aromatic carbocycles. The van der Waals surface area contributed by atoms with Gasteiger partial charge in [-0.2, -0.15) is 10.4 Å². The summed E-state index contributed by atoms with van der Waals surface area (Å²) in [6.07, 6.45) is 4.58. The van der Waals surface area contributed by atoms with Gasteiger partial charge in [-0.15, -0.1) is 0 Å². The number of fused-ring (bicyclic) bond motifs is 2. The van der Waals surface area contributed by atoms with Crippen LogP contribution < -0.4 is 5.32 Å². The van der Waals surface area contributed by atoms with E-state index in [2.05, 4.69) is 45.3 Å². The second-order valence-electron chi connectivity index (χ2n) is 8.97. The first-order valence-electron chi connectivity index (χ1n) is 11.2. The SMILES string of the molecule is CC(C)[C@@H](Nc1ncnc2[nH]c(-c3cnn(C)c3C#N)cc12)c1ccc2c(c1)S(=O)(=O)CCC2. The predicted molar refractivity (Wildman–Crippen MR) is 129 cm³/mol. The lowest BCUT2D eigenvalue weighted by molar-refractivity contribution is 0.542. The van der Waals surface area contributed by atoms with Crippen LogP contribution in [0.15, 0.2) is 41.7 Å². The molecule has 34 heavy (non-hydrogen) atoms. The Bertz CT molecular complexity index is 1540. The number of hydrogen-bond acceptors (Lipinski definition) is 7. The molecule has 1 atom stereocenters. The number of aryl methyl sites for hydroxylation is 2. The molecule has 0 unspecified atom stereocenters. The van der Waals surface area contributed by atoms with Crippen LogP contribution in [-0.4, -0.2) is 38.9 Å². The molecule has 1 aliphatic heterocycles. The monoisotopic (exact) mass is 475 g/mol. The van der Waals surface area contributed by atoms with Crippen LogP contribution in [0, 0.1) is 17.2 Å². The number of nitrogens with one attached hydrogen (secondary N) is 2. The zero-order chi connectivity index (χ0) is 24.0. The van der Waals surface area contributed by atoms with Crippen molar-refractivity contribution in [3.8, 4) is 17.3 Å². The van der Waals surface area contributed by atoms with Crippen LogP contribution in [0.5, 0.6) is 0 Å². The van der Waals surface area contributed by atoms with Gasteiger partial charge in [0.05, 0.1) is 39.5 Å². The molecule has 174 valence electrons. The van der Waals surface area contributed by atoms with Crippen LogP contribution >= 0.6 is 0 Å². The Morgan fingerprint density at radius 1 is 1.24 bits per heavy atom. The van der Waals surface area contributed by atoms with Crippen LogP contribution in [0.1, 0.15) is 43.1 Å². The minimum Gasteiger partial charge on any atom is -0.362 e. The molecule has 1 aliphatic rings. The van der Waals surface area contributed by atoms with Gasteiger partial charge in [-0.3, -0.25) is 4.68 Å².